The second kappa shape index (κ2) is 38.6. The monoisotopic (exact) mass is 725 g/mol. The first-order valence-corrected chi connectivity index (χ1v) is 28.1. The molecule has 0 aliphatic heterocycles. The van der Waals surface area contributed by atoms with Gasteiger partial charge in [-0.3, -0.25) is 0 Å². The molecule has 0 aromatic carbocycles. The average Bonchev–Trinajstić information content (AvgIpc) is 2.98. The van der Waals surface area contributed by atoms with Crippen LogP contribution in [0.5, 0.6) is 0 Å². The van der Waals surface area contributed by atoms with Crippen molar-refractivity contribution in [1.29, 1.82) is 0 Å². The Balaban J connectivity index is -0.000000743. The van der Waals surface area contributed by atoms with E-state index in [0.29, 0.717) is 0 Å². The van der Waals surface area contributed by atoms with Gasteiger partial charge in [0.1, 0.15) is 6.08 Å². The van der Waals surface area contributed by atoms with Crippen LogP contribution in [0.25, 0.3) is 0 Å². The number of hydrogen-bond acceptors (Lipinski definition) is 6. The summed E-state index contributed by atoms with van der Waals surface area (Å²) in [4.78, 5) is 0. The number of thioether (sulfide) groups is 4. The summed E-state index contributed by atoms with van der Waals surface area (Å²) in [5.74, 6) is 10.1. The Morgan fingerprint density at radius 2 is 0.929 bits per heavy atom. The summed E-state index contributed by atoms with van der Waals surface area (Å²) in [5, 5.41) is 0. The Hall–Kier alpha value is 1.40. The Morgan fingerprint density at radius 3 is 1.19 bits per heavy atom. The molecule has 0 aliphatic rings. The summed E-state index contributed by atoms with van der Waals surface area (Å²) in [6, 6.07) is 10.8. The lowest BCUT2D eigenvalue weighted by atomic mass is 10.5. The van der Waals surface area contributed by atoms with Gasteiger partial charge in [-0.05, 0) is 115 Å². The quantitative estimate of drug-likeness (QED) is 0.0259. The Bertz CT molecular complexity index is 515. The molecule has 0 fully saturated rings. The summed E-state index contributed by atoms with van der Waals surface area (Å²) < 4.78 is 0. The minimum atomic E-state index is -1.33. The molecule has 8 heteroatoms. The highest BCUT2D eigenvalue weighted by Crippen LogP contribution is 2.34. The van der Waals surface area contributed by atoms with E-state index in [4.69, 9.17) is 6.58 Å². The highest BCUT2D eigenvalue weighted by Gasteiger charge is 2.31. The van der Waals surface area contributed by atoms with Crippen molar-refractivity contribution in [2.75, 3.05) is 58.5 Å². The van der Waals surface area contributed by atoms with E-state index in [1.165, 1.54) is 73.0 Å². The number of allylic oxidation sites excluding steroid dienone is 4. The Morgan fingerprint density at radius 1 is 0.571 bits per heavy atom. The van der Waals surface area contributed by atoms with Gasteiger partial charge in [0.05, 0.1) is 16.1 Å². The van der Waals surface area contributed by atoms with Crippen molar-refractivity contribution in [2.45, 2.75) is 101 Å². The van der Waals surface area contributed by atoms with Crippen LogP contribution in [0.15, 0.2) is 44.0 Å². The molecule has 0 saturated carbocycles. The second-order valence-corrected chi connectivity index (χ2v) is 25.9. The molecular formula is C34H69S6Si2+. The molecule has 0 bridgehead atoms. The lowest BCUT2D eigenvalue weighted by Gasteiger charge is -2.32. The van der Waals surface area contributed by atoms with Crippen molar-refractivity contribution in [1.82, 2.24) is 0 Å². The smallest absolute Gasteiger partial charge is 0.179 e. The maximum atomic E-state index is 5.51. The fourth-order valence-corrected chi connectivity index (χ4v) is 17.3. The highest BCUT2D eigenvalue weighted by molar-refractivity contribution is 7.99. The summed E-state index contributed by atoms with van der Waals surface area (Å²) >= 11 is 16.2. The maximum absolute atomic E-state index is 5.51. The van der Waals surface area contributed by atoms with Gasteiger partial charge < -0.3 is 0 Å². The lowest BCUT2D eigenvalue weighted by Crippen LogP contribution is -2.34. The standard InChI is InChI=1S/C20H44S4Si.C12H19Si.C2H6S2/c1-5-11-23-15-9-19-25(17-7-13-21-3,18-8-14-22-4)20-10-16-24-12-6-2;1-5-9-13(10-6-2,11-7-3)12-8-4;3-1-2-4/h5-20H2,1-4H3;1,5-8H,2-4,9-12H2;3-4H,1-2H2/q;+1;. The molecule has 0 amide bonds. The van der Waals surface area contributed by atoms with Crippen molar-refractivity contribution in [2.24, 2.45) is 0 Å². The van der Waals surface area contributed by atoms with E-state index >= 15 is 0 Å². The number of hydrogen-bond donors (Lipinski definition) is 2. The predicted octanol–water partition coefficient (Wildman–Crippen LogP) is 12.8. The molecule has 0 unspecified atom stereocenters. The zero-order valence-electron chi connectivity index (χ0n) is 28.1. The molecule has 0 aliphatic carbocycles. The van der Waals surface area contributed by atoms with E-state index in [-0.39, 0.29) is 0 Å². The van der Waals surface area contributed by atoms with Crippen LogP contribution in [-0.2, 0) is 0 Å². The molecular weight excluding hydrogens is 657 g/mol. The van der Waals surface area contributed by atoms with Gasteiger partial charge >= 0.3 is 0 Å². The zero-order chi connectivity index (χ0) is 32.2. The average molecular weight is 726 g/mol. The van der Waals surface area contributed by atoms with Crippen LogP contribution in [0, 0.1) is 6.58 Å². The third-order valence-corrected chi connectivity index (χ3v) is 22.1. The van der Waals surface area contributed by atoms with Crippen molar-refractivity contribution in [3.8, 4) is 0 Å². The Kier molecular flexibility index (Phi) is 43.9. The molecule has 0 N–H and O–H groups in total. The van der Waals surface area contributed by atoms with E-state index in [9.17, 15) is 0 Å². The summed E-state index contributed by atoms with van der Waals surface area (Å²) in [5.41, 5.74) is 0. The minimum absolute atomic E-state index is 0.878. The molecule has 0 saturated heterocycles. The van der Waals surface area contributed by atoms with Crippen molar-refractivity contribution in [3.05, 3.63) is 50.6 Å². The van der Waals surface area contributed by atoms with Gasteiger partial charge in [-0.25, -0.2) is 0 Å². The minimum Gasteiger partial charge on any atom is -0.179 e. The predicted molar refractivity (Wildman–Crippen MR) is 228 cm³/mol. The van der Waals surface area contributed by atoms with Gasteiger partial charge in [0.15, 0.2) is 0 Å². The topological polar surface area (TPSA) is 0 Å². The third kappa shape index (κ3) is 31.4. The molecule has 0 radical (unpaired) electrons. The van der Waals surface area contributed by atoms with Crippen molar-refractivity contribution >= 4 is 88.5 Å². The summed E-state index contributed by atoms with van der Waals surface area (Å²) in [6.45, 7) is 21.5. The van der Waals surface area contributed by atoms with Gasteiger partial charge in [-0.2, -0.15) is 72.3 Å². The molecule has 0 rings (SSSR count). The molecule has 0 heterocycles. The molecule has 42 heavy (non-hydrogen) atoms. The zero-order valence-corrected chi connectivity index (χ0v) is 35.1. The van der Waals surface area contributed by atoms with Crippen LogP contribution < -0.4 is 0 Å². The Labute approximate surface area is 296 Å². The fraction of sp³-hybridized carbons (Fsp3) is 0.765. The SMILES string of the molecule is CCCSCCC[Si](CCCSC)(CCCSC)CCCSCCC.SCCS.[CH+]=CC[Si](CC=C)(CC=C)CC=C. The first kappa shape index (κ1) is 47.8. The van der Waals surface area contributed by atoms with Crippen LogP contribution >= 0.6 is 72.3 Å². The van der Waals surface area contributed by atoms with Gasteiger partial charge in [0, 0.05) is 6.04 Å². The van der Waals surface area contributed by atoms with Gasteiger partial charge in [-0.15, -0.1) is 19.7 Å². The third-order valence-electron chi connectivity index (χ3n) is 7.18. The van der Waals surface area contributed by atoms with Crippen LogP contribution in [0.2, 0.25) is 48.4 Å². The van der Waals surface area contributed by atoms with E-state index in [1.54, 1.807) is 30.3 Å². The normalized spacial score (nSPS) is 11.1. The molecule has 0 aromatic heterocycles. The fourth-order valence-electron chi connectivity index (χ4n) is 5.19. The van der Waals surface area contributed by atoms with Crippen molar-refractivity contribution < 1.29 is 0 Å². The van der Waals surface area contributed by atoms with Gasteiger partial charge in [0.25, 0.3) is 0 Å². The summed E-state index contributed by atoms with van der Waals surface area (Å²) in [7, 11) is -2.37. The highest BCUT2D eigenvalue weighted by atomic mass is 32.2. The van der Waals surface area contributed by atoms with Crippen molar-refractivity contribution in [3.63, 3.8) is 0 Å². The van der Waals surface area contributed by atoms with E-state index in [2.05, 4.69) is 118 Å². The number of thiol groups is 2. The largest absolute Gasteiger partial charge is 0.201 e. The van der Waals surface area contributed by atoms with E-state index < -0.39 is 16.1 Å². The van der Waals surface area contributed by atoms with Gasteiger partial charge in [-0.1, -0.05) is 56.3 Å². The van der Waals surface area contributed by atoms with Crippen LogP contribution in [-0.4, -0.2) is 74.7 Å². The second-order valence-electron chi connectivity index (χ2n) is 11.0. The first-order valence-electron chi connectivity index (χ1n) is 16.1. The van der Waals surface area contributed by atoms with Crippen LogP contribution in [0.1, 0.15) is 52.4 Å². The van der Waals surface area contributed by atoms with E-state index in [1.807, 2.05) is 18.2 Å². The molecule has 248 valence electrons. The molecule has 0 atom stereocenters. The first-order chi connectivity index (χ1) is 20.4. The lowest BCUT2D eigenvalue weighted by molar-refractivity contribution is 0.892. The van der Waals surface area contributed by atoms with Crippen LogP contribution in [0.3, 0.4) is 0 Å². The number of rotatable bonds is 29. The van der Waals surface area contributed by atoms with Crippen LogP contribution in [0.4, 0.5) is 0 Å². The van der Waals surface area contributed by atoms with E-state index in [0.717, 1.165) is 35.7 Å². The summed E-state index contributed by atoms with van der Waals surface area (Å²) in [6.07, 6.45) is 21.0. The maximum Gasteiger partial charge on any atom is 0.201 e. The van der Waals surface area contributed by atoms with Gasteiger partial charge in [0.2, 0.25) is 6.58 Å². The molecule has 0 nitrogen and oxygen atoms in total. The molecule has 0 aromatic rings. The molecule has 0 spiro atoms.